The molecular formula is C29H35N3O5. The molecule has 9 atom stereocenters. The molecule has 2 saturated carbocycles. The van der Waals surface area contributed by atoms with Crippen LogP contribution in [0.1, 0.15) is 61.0 Å². The van der Waals surface area contributed by atoms with Gasteiger partial charge in [0.1, 0.15) is 0 Å². The SMILES string of the molecule is COC(O)CC1C2C(=O)C=CCC2CC2NC3CC(c4[nH]cnc4-c4ccc(C(=O)O)cc4)CC3C21C. The maximum Gasteiger partial charge on any atom is 0.335 e. The zero-order valence-electron chi connectivity index (χ0n) is 21.3. The van der Waals surface area contributed by atoms with Crippen LogP contribution in [0.15, 0.2) is 42.7 Å². The van der Waals surface area contributed by atoms with Crippen LogP contribution in [-0.2, 0) is 9.53 Å². The Balaban J connectivity index is 1.30. The van der Waals surface area contributed by atoms with Crippen molar-refractivity contribution in [3.63, 3.8) is 0 Å². The third kappa shape index (κ3) is 3.88. The number of aliphatic hydroxyl groups is 1. The number of hydrogen-bond acceptors (Lipinski definition) is 6. The van der Waals surface area contributed by atoms with Crippen LogP contribution in [0, 0.1) is 29.1 Å². The molecule has 0 spiro atoms. The summed E-state index contributed by atoms with van der Waals surface area (Å²) in [6.45, 7) is 2.34. The van der Waals surface area contributed by atoms with Crippen LogP contribution in [0.5, 0.6) is 0 Å². The number of carboxylic acids is 1. The molecule has 1 aliphatic heterocycles. The van der Waals surface area contributed by atoms with E-state index in [1.807, 2.05) is 18.2 Å². The first-order valence-electron chi connectivity index (χ1n) is 13.4. The van der Waals surface area contributed by atoms with Crippen molar-refractivity contribution in [2.24, 2.45) is 29.1 Å². The number of fused-ring (bicyclic) bond motifs is 4. The van der Waals surface area contributed by atoms with Crippen molar-refractivity contribution in [3.05, 3.63) is 54.0 Å². The fraction of sp³-hybridized carbons (Fsp3) is 0.552. The third-order valence-electron chi connectivity index (χ3n) is 10.1. The fourth-order valence-electron chi connectivity index (χ4n) is 8.34. The van der Waals surface area contributed by atoms with Crippen molar-refractivity contribution < 1.29 is 24.5 Å². The van der Waals surface area contributed by atoms with Crippen LogP contribution in [0.4, 0.5) is 0 Å². The van der Waals surface area contributed by atoms with E-state index in [9.17, 15) is 19.8 Å². The topological polar surface area (TPSA) is 125 Å². The second-order valence-electron chi connectivity index (χ2n) is 11.6. The second-order valence-corrected chi connectivity index (χ2v) is 11.6. The minimum absolute atomic E-state index is 0.0368. The molecule has 1 saturated heterocycles. The number of nitrogens with one attached hydrogen (secondary N) is 2. The van der Waals surface area contributed by atoms with Gasteiger partial charge in [-0.1, -0.05) is 25.1 Å². The van der Waals surface area contributed by atoms with Gasteiger partial charge in [0.25, 0.3) is 0 Å². The molecule has 3 aliphatic carbocycles. The second kappa shape index (κ2) is 9.19. The monoisotopic (exact) mass is 505 g/mol. The number of ketones is 1. The number of carbonyl (C=O) groups is 2. The molecule has 0 amide bonds. The van der Waals surface area contributed by atoms with Gasteiger partial charge in [-0.05, 0) is 67.1 Å². The molecule has 2 aromatic rings. The number of methoxy groups -OCH3 is 1. The summed E-state index contributed by atoms with van der Waals surface area (Å²) in [5.74, 6) is 0.149. The van der Waals surface area contributed by atoms with Crippen LogP contribution in [0.2, 0.25) is 0 Å². The quantitative estimate of drug-likeness (QED) is 0.441. The molecule has 4 N–H and O–H groups in total. The van der Waals surface area contributed by atoms with Crippen LogP contribution in [0.3, 0.4) is 0 Å². The van der Waals surface area contributed by atoms with Crippen molar-refractivity contribution in [1.29, 1.82) is 0 Å². The first-order valence-corrected chi connectivity index (χ1v) is 13.4. The molecule has 196 valence electrons. The number of aliphatic hydroxyl groups excluding tert-OH is 1. The van der Waals surface area contributed by atoms with Crippen LogP contribution in [-0.4, -0.2) is 57.4 Å². The molecule has 0 bridgehead atoms. The number of rotatable bonds is 6. The average Bonchev–Trinajstić information content (AvgIpc) is 3.59. The number of aromatic amines is 1. The van der Waals surface area contributed by atoms with E-state index in [1.54, 1.807) is 24.5 Å². The molecule has 3 fully saturated rings. The lowest BCUT2D eigenvalue weighted by Crippen LogP contribution is -2.56. The zero-order chi connectivity index (χ0) is 25.9. The largest absolute Gasteiger partial charge is 0.478 e. The molecular weight excluding hydrogens is 470 g/mol. The van der Waals surface area contributed by atoms with Crippen LogP contribution >= 0.6 is 0 Å². The number of hydrogen-bond donors (Lipinski definition) is 4. The molecule has 1 aromatic carbocycles. The summed E-state index contributed by atoms with van der Waals surface area (Å²) >= 11 is 0. The average molecular weight is 506 g/mol. The smallest absolute Gasteiger partial charge is 0.335 e. The summed E-state index contributed by atoms with van der Waals surface area (Å²) in [4.78, 5) is 32.4. The Hall–Kier alpha value is -2.81. The summed E-state index contributed by atoms with van der Waals surface area (Å²) in [5.41, 5.74) is 2.97. The standard InChI is InChI=1S/C29H35N3O5/c1-29-19-10-18(27-26(30-14-31-27)15-6-8-16(9-7-15)28(35)36)11-21(19)32-23(29)12-17-4-3-5-22(33)25(17)20(29)13-24(34)37-2/h3,5-9,14,17-21,23-25,32,34H,4,10-13H2,1-2H3,(H,30,31)(H,35,36). The highest BCUT2D eigenvalue weighted by molar-refractivity contribution is 5.93. The van der Waals surface area contributed by atoms with E-state index in [1.165, 1.54) is 7.11 Å². The number of benzene rings is 1. The molecule has 1 aromatic heterocycles. The summed E-state index contributed by atoms with van der Waals surface area (Å²) in [7, 11) is 1.53. The highest BCUT2D eigenvalue weighted by Gasteiger charge is 2.64. The number of nitrogens with zero attached hydrogens (tertiary/aromatic N) is 1. The van der Waals surface area contributed by atoms with Crippen molar-refractivity contribution in [2.75, 3.05) is 7.11 Å². The van der Waals surface area contributed by atoms with Crippen molar-refractivity contribution in [1.82, 2.24) is 15.3 Å². The Morgan fingerprint density at radius 1 is 1.24 bits per heavy atom. The first kappa shape index (κ1) is 24.5. The Morgan fingerprint density at radius 2 is 2.03 bits per heavy atom. The van der Waals surface area contributed by atoms with E-state index in [0.717, 1.165) is 42.6 Å². The molecule has 2 heterocycles. The normalized spacial score (nSPS) is 37.2. The lowest BCUT2D eigenvalue weighted by atomic mass is 9.50. The van der Waals surface area contributed by atoms with E-state index in [-0.39, 0.29) is 34.5 Å². The molecule has 37 heavy (non-hydrogen) atoms. The fourth-order valence-corrected chi connectivity index (χ4v) is 8.34. The Morgan fingerprint density at radius 3 is 2.76 bits per heavy atom. The van der Waals surface area contributed by atoms with Gasteiger partial charge in [0.05, 0.1) is 17.6 Å². The predicted octanol–water partition coefficient (Wildman–Crippen LogP) is 3.75. The molecule has 8 nitrogen and oxygen atoms in total. The van der Waals surface area contributed by atoms with E-state index in [2.05, 4.69) is 22.2 Å². The van der Waals surface area contributed by atoms with Gasteiger partial charge < -0.3 is 25.3 Å². The van der Waals surface area contributed by atoms with Gasteiger partial charge in [-0.3, -0.25) is 4.79 Å². The van der Waals surface area contributed by atoms with E-state index >= 15 is 0 Å². The zero-order valence-corrected chi connectivity index (χ0v) is 21.3. The number of imidazole rings is 1. The molecule has 0 radical (unpaired) electrons. The minimum atomic E-state index is -0.943. The lowest BCUT2D eigenvalue weighted by molar-refractivity contribution is -0.144. The predicted molar refractivity (Wildman–Crippen MR) is 137 cm³/mol. The summed E-state index contributed by atoms with van der Waals surface area (Å²) in [6, 6.07) is 7.51. The Kier molecular flexibility index (Phi) is 6.09. The number of carbonyl (C=O) groups excluding carboxylic acids is 1. The maximum absolute atomic E-state index is 13.2. The summed E-state index contributed by atoms with van der Waals surface area (Å²) < 4.78 is 5.30. The van der Waals surface area contributed by atoms with Gasteiger partial charge in [-0.2, -0.15) is 0 Å². The van der Waals surface area contributed by atoms with Gasteiger partial charge in [0.2, 0.25) is 0 Å². The number of aromatic carboxylic acids is 1. The van der Waals surface area contributed by atoms with Crippen LogP contribution in [0.25, 0.3) is 11.3 Å². The van der Waals surface area contributed by atoms with Crippen molar-refractivity contribution in [2.45, 2.75) is 63.3 Å². The number of H-pyrrole nitrogens is 1. The molecule has 9 unspecified atom stereocenters. The van der Waals surface area contributed by atoms with E-state index in [0.29, 0.717) is 30.3 Å². The number of carboxylic acid groups (broad SMARTS) is 1. The van der Waals surface area contributed by atoms with Gasteiger partial charge in [-0.25, -0.2) is 9.78 Å². The summed E-state index contributed by atoms with van der Waals surface area (Å²) in [6.07, 6.45) is 8.91. The van der Waals surface area contributed by atoms with E-state index < -0.39 is 12.3 Å². The lowest BCUT2D eigenvalue weighted by Gasteiger charge is -2.54. The highest BCUT2D eigenvalue weighted by atomic mass is 16.6. The maximum atomic E-state index is 13.2. The molecule has 6 rings (SSSR count). The van der Waals surface area contributed by atoms with Gasteiger partial charge in [-0.15, -0.1) is 0 Å². The van der Waals surface area contributed by atoms with Gasteiger partial charge in [0, 0.05) is 48.7 Å². The molecule has 4 aliphatic rings. The number of ether oxygens (including phenoxy) is 1. The minimum Gasteiger partial charge on any atom is -0.478 e. The van der Waals surface area contributed by atoms with E-state index in [4.69, 9.17) is 4.74 Å². The third-order valence-corrected chi connectivity index (χ3v) is 10.1. The Bertz CT molecular complexity index is 1220. The molecule has 8 heteroatoms. The van der Waals surface area contributed by atoms with Crippen LogP contribution < -0.4 is 5.32 Å². The highest BCUT2D eigenvalue weighted by Crippen LogP contribution is 2.63. The number of aromatic nitrogens is 2. The number of allylic oxidation sites excluding steroid dienone is 2. The Labute approximate surface area is 216 Å². The van der Waals surface area contributed by atoms with Gasteiger partial charge >= 0.3 is 5.97 Å². The van der Waals surface area contributed by atoms with Crippen molar-refractivity contribution in [3.8, 4) is 11.3 Å². The summed E-state index contributed by atoms with van der Waals surface area (Å²) in [5, 5.41) is 23.8. The van der Waals surface area contributed by atoms with Gasteiger partial charge in [0.15, 0.2) is 12.1 Å². The van der Waals surface area contributed by atoms with Crippen molar-refractivity contribution >= 4 is 11.8 Å². The first-order chi connectivity index (χ1) is 17.8.